The molecule has 0 spiro atoms. The number of aromatic nitrogens is 2. The van der Waals surface area contributed by atoms with E-state index in [1.807, 2.05) is 0 Å². The van der Waals surface area contributed by atoms with Crippen LogP contribution in [0.15, 0.2) is 4.52 Å². The molecule has 0 saturated carbocycles. The highest BCUT2D eigenvalue weighted by molar-refractivity contribution is 5.83. The number of nitrogens with one attached hydrogen (secondary N) is 1. The van der Waals surface area contributed by atoms with Crippen LogP contribution >= 0.6 is 0 Å². The van der Waals surface area contributed by atoms with Crippen molar-refractivity contribution in [1.82, 2.24) is 20.4 Å². The average Bonchev–Trinajstić information content (AvgIpc) is 3.25. The fraction of sp³-hybridized carbons (Fsp3) is 0.733. The van der Waals surface area contributed by atoms with Crippen molar-refractivity contribution in [2.75, 3.05) is 13.1 Å². The normalized spacial score (nSPS) is 18.3. The zero-order valence-corrected chi connectivity index (χ0v) is 14.2. The summed E-state index contributed by atoms with van der Waals surface area (Å²) in [7, 11) is 0. The lowest BCUT2D eigenvalue weighted by Gasteiger charge is -2.21. The number of rotatable bonds is 9. The number of urea groups is 1. The molecule has 2 amide bonds. The molecule has 1 aliphatic rings. The molecule has 1 fully saturated rings. The van der Waals surface area contributed by atoms with Crippen LogP contribution in [0.2, 0.25) is 0 Å². The van der Waals surface area contributed by atoms with E-state index in [2.05, 4.69) is 15.5 Å². The lowest BCUT2D eigenvalue weighted by Crippen LogP contribution is -2.45. The van der Waals surface area contributed by atoms with Gasteiger partial charge in [-0.25, -0.2) is 9.59 Å². The summed E-state index contributed by atoms with van der Waals surface area (Å²) in [6.07, 6.45) is 4.78. The number of hydrogen-bond donors (Lipinski definition) is 4. The monoisotopic (exact) mass is 354 g/mol. The number of carbonyl (C=O) groups is 2. The fourth-order valence-corrected chi connectivity index (χ4v) is 2.82. The molecule has 140 valence electrons. The summed E-state index contributed by atoms with van der Waals surface area (Å²) in [5, 5.41) is 15.6. The molecule has 1 aliphatic heterocycles. The number of likely N-dealkylation sites (tertiary alicyclic amines) is 1. The van der Waals surface area contributed by atoms with Crippen molar-refractivity contribution in [3.63, 3.8) is 0 Å². The van der Waals surface area contributed by atoms with Gasteiger partial charge >= 0.3 is 12.0 Å². The molecule has 1 unspecified atom stereocenters. The molecule has 6 N–H and O–H groups in total. The van der Waals surface area contributed by atoms with E-state index in [1.165, 1.54) is 4.90 Å². The molecule has 1 aromatic heterocycles. The topological polar surface area (TPSA) is 161 Å². The van der Waals surface area contributed by atoms with Gasteiger partial charge in [0.1, 0.15) is 6.04 Å². The van der Waals surface area contributed by atoms with Crippen LogP contribution in [0, 0.1) is 0 Å². The lowest BCUT2D eigenvalue weighted by atomic mass is 10.1. The molecular weight excluding hydrogens is 328 g/mol. The smallest absolute Gasteiger partial charge is 0.326 e. The molecule has 2 heterocycles. The van der Waals surface area contributed by atoms with E-state index in [-0.39, 0.29) is 18.5 Å². The first-order valence-electron chi connectivity index (χ1n) is 8.58. The third-order valence-electron chi connectivity index (χ3n) is 4.22. The van der Waals surface area contributed by atoms with E-state index in [9.17, 15) is 9.59 Å². The van der Waals surface area contributed by atoms with Gasteiger partial charge in [0, 0.05) is 6.54 Å². The first-order valence-corrected chi connectivity index (χ1v) is 8.58. The Morgan fingerprint density at radius 3 is 2.92 bits per heavy atom. The summed E-state index contributed by atoms with van der Waals surface area (Å²) < 4.78 is 5.09. The van der Waals surface area contributed by atoms with Crippen LogP contribution in [0.25, 0.3) is 0 Å². The molecule has 1 saturated heterocycles. The molecular formula is C15H26N6O4. The minimum atomic E-state index is -0.992. The second-order valence-electron chi connectivity index (χ2n) is 6.14. The van der Waals surface area contributed by atoms with Crippen molar-refractivity contribution in [2.24, 2.45) is 11.5 Å². The van der Waals surface area contributed by atoms with Crippen molar-refractivity contribution >= 4 is 12.0 Å². The Morgan fingerprint density at radius 1 is 1.40 bits per heavy atom. The number of amides is 2. The van der Waals surface area contributed by atoms with Gasteiger partial charge in [0.15, 0.2) is 5.82 Å². The predicted molar refractivity (Wildman–Crippen MR) is 88.3 cm³/mol. The van der Waals surface area contributed by atoms with Gasteiger partial charge in [-0.15, -0.1) is 0 Å². The zero-order chi connectivity index (χ0) is 18.2. The highest BCUT2D eigenvalue weighted by Gasteiger charge is 2.34. The number of nitrogens with two attached hydrogens (primary N) is 2. The van der Waals surface area contributed by atoms with Gasteiger partial charge in [0.25, 0.3) is 0 Å². The first kappa shape index (κ1) is 19.1. The summed E-state index contributed by atoms with van der Waals surface area (Å²) in [4.78, 5) is 28.7. The van der Waals surface area contributed by atoms with E-state index < -0.39 is 18.0 Å². The Labute approximate surface area is 145 Å². The van der Waals surface area contributed by atoms with Crippen molar-refractivity contribution in [3.05, 3.63) is 11.7 Å². The average molecular weight is 354 g/mol. The maximum atomic E-state index is 12.1. The summed E-state index contributed by atoms with van der Waals surface area (Å²) in [5.41, 5.74) is 11.5. The largest absolute Gasteiger partial charge is 0.480 e. The van der Waals surface area contributed by atoms with E-state index in [1.54, 1.807) is 0 Å². The quantitative estimate of drug-likeness (QED) is 0.462. The maximum Gasteiger partial charge on any atom is 0.326 e. The number of carbonyl (C=O) groups excluding carboxylic acids is 1. The highest BCUT2D eigenvalue weighted by Crippen LogP contribution is 2.18. The van der Waals surface area contributed by atoms with Crippen LogP contribution in [0.3, 0.4) is 0 Å². The number of nitrogens with zero attached hydrogens (tertiary/aromatic N) is 3. The fourth-order valence-electron chi connectivity index (χ4n) is 2.82. The van der Waals surface area contributed by atoms with Gasteiger partial charge in [0.05, 0.1) is 12.6 Å². The summed E-state index contributed by atoms with van der Waals surface area (Å²) in [6.45, 7) is 1.13. The minimum Gasteiger partial charge on any atom is -0.480 e. The van der Waals surface area contributed by atoms with Gasteiger partial charge in [-0.3, -0.25) is 0 Å². The van der Waals surface area contributed by atoms with Crippen molar-refractivity contribution < 1.29 is 19.2 Å². The summed E-state index contributed by atoms with van der Waals surface area (Å²) in [5.74, 6) is -0.346. The van der Waals surface area contributed by atoms with Crippen LogP contribution in [-0.2, 0) is 11.3 Å². The molecule has 10 heteroatoms. The molecule has 0 aliphatic carbocycles. The molecule has 2 atom stereocenters. The van der Waals surface area contributed by atoms with Gasteiger partial charge in [-0.2, -0.15) is 4.98 Å². The SMILES string of the molecule is NCCCCC[C@H](N)c1noc(CNC(=O)N2CCCC2C(=O)O)n1. The second kappa shape index (κ2) is 9.33. The number of hydrogen-bond acceptors (Lipinski definition) is 7. The molecule has 0 radical (unpaired) electrons. The van der Waals surface area contributed by atoms with Crippen LogP contribution < -0.4 is 16.8 Å². The number of aliphatic carboxylic acids is 1. The van der Waals surface area contributed by atoms with Gasteiger partial charge in [-0.05, 0) is 32.2 Å². The Morgan fingerprint density at radius 2 is 2.20 bits per heavy atom. The zero-order valence-electron chi connectivity index (χ0n) is 14.2. The van der Waals surface area contributed by atoms with Crippen LogP contribution in [0.4, 0.5) is 4.79 Å². The van der Waals surface area contributed by atoms with Gasteiger partial charge in [-0.1, -0.05) is 18.0 Å². The van der Waals surface area contributed by atoms with Crippen LogP contribution in [-0.4, -0.2) is 51.3 Å². The molecule has 2 rings (SSSR count). The Balaban J connectivity index is 1.79. The van der Waals surface area contributed by atoms with E-state index in [4.69, 9.17) is 21.1 Å². The predicted octanol–water partition coefficient (Wildman–Crippen LogP) is 0.347. The third kappa shape index (κ3) is 5.40. The van der Waals surface area contributed by atoms with Crippen molar-refractivity contribution in [2.45, 2.75) is 57.2 Å². The molecule has 1 aromatic rings. The molecule has 0 bridgehead atoms. The Bertz CT molecular complexity index is 578. The Hall–Kier alpha value is -2.20. The number of carboxylic acids is 1. The van der Waals surface area contributed by atoms with Crippen LogP contribution in [0.1, 0.15) is 56.3 Å². The first-order chi connectivity index (χ1) is 12.0. The number of unbranched alkanes of at least 4 members (excludes halogenated alkanes) is 2. The van der Waals surface area contributed by atoms with Crippen molar-refractivity contribution in [1.29, 1.82) is 0 Å². The summed E-state index contributed by atoms with van der Waals surface area (Å²) in [6, 6.07) is -1.54. The van der Waals surface area contributed by atoms with Gasteiger partial charge < -0.3 is 31.3 Å². The van der Waals surface area contributed by atoms with Crippen molar-refractivity contribution in [3.8, 4) is 0 Å². The minimum absolute atomic E-state index is 0.0363. The Kier molecular flexibility index (Phi) is 7.14. The summed E-state index contributed by atoms with van der Waals surface area (Å²) >= 11 is 0. The molecule has 25 heavy (non-hydrogen) atoms. The van der Waals surface area contributed by atoms with Gasteiger partial charge in [0.2, 0.25) is 5.89 Å². The molecule has 0 aromatic carbocycles. The standard InChI is InChI=1S/C15H26N6O4/c16-7-3-1-2-5-10(17)13-19-12(25-20-13)9-18-15(24)21-8-4-6-11(21)14(22)23/h10-11H,1-9,16-17H2,(H,18,24)(H,22,23)/t10-,11?/m0/s1. The van der Waals surface area contributed by atoms with E-state index in [0.717, 1.165) is 25.7 Å². The highest BCUT2D eigenvalue weighted by atomic mass is 16.5. The van der Waals surface area contributed by atoms with Crippen LogP contribution in [0.5, 0.6) is 0 Å². The third-order valence-corrected chi connectivity index (χ3v) is 4.22. The maximum absolute atomic E-state index is 12.1. The van der Waals surface area contributed by atoms with E-state index >= 15 is 0 Å². The number of carboxylic acid groups (broad SMARTS) is 1. The molecule has 10 nitrogen and oxygen atoms in total. The van der Waals surface area contributed by atoms with E-state index in [0.29, 0.717) is 31.8 Å². The lowest BCUT2D eigenvalue weighted by molar-refractivity contribution is -0.141. The second-order valence-corrected chi connectivity index (χ2v) is 6.14.